The number of rotatable bonds is 4. The highest BCUT2D eigenvalue weighted by molar-refractivity contribution is 6.07. The third kappa shape index (κ3) is 2.32. The Kier molecular flexibility index (Phi) is 3.97. The Morgan fingerprint density at radius 1 is 1.19 bits per heavy atom. The normalized spacial score (nSPS) is 24.8. The summed E-state index contributed by atoms with van der Waals surface area (Å²) in [7, 11) is 3.36. The van der Waals surface area contributed by atoms with Crippen LogP contribution in [0.2, 0.25) is 0 Å². The monoisotopic (exact) mass is 357 g/mol. The summed E-state index contributed by atoms with van der Waals surface area (Å²) in [4.78, 5) is 37.3. The van der Waals surface area contributed by atoms with Crippen molar-refractivity contribution in [3.63, 3.8) is 0 Å². The molecule has 0 bridgehead atoms. The number of likely N-dealkylation sites (N-methyl/N-ethyl adjacent to an activating group) is 1. The Bertz CT molecular complexity index is 763. The van der Waals surface area contributed by atoms with Crippen LogP contribution in [0, 0.1) is 0 Å². The number of carbonyl (C=O) groups excluding carboxylic acids is 2. The molecule has 0 saturated carbocycles. The Morgan fingerprint density at radius 3 is 2.58 bits per heavy atom. The Hall–Kier alpha value is -2.77. The van der Waals surface area contributed by atoms with Gasteiger partial charge in [0.1, 0.15) is 5.75 Å². The molecule has 3 aliphatic heterocycles. The van der Waals surface area contributed by atoms with Crippen molar-refractivity contribution in [1.29, 1.82) is 0 Å². The summed E-state index contributed by atoms with van der Waals surface area (Å²) in [5.41, 5.74) is 0.998. The maximum absolute atomic E-state index is 13.0. The zero-order chi connectivity index (χ0) is 18.4. The van der Waals surface area contributed by atoms with Crippen LogP contribution in [0.3, 0.4) is 0 Å². The number of nitrogens with zero attached hydrogens (tertiary/aromatic N) is 5. The van der Waals surface area contributed by atoms with Gasteiger partial charge in [0.15, 0.2) is 12.2 Å². The molecule has 4 rings (SSSR count). The van der Waals surface area contributed by atoms with Crippen molar-refractivity contribution in [2.45, 2.75) is 25.6 Å². The van der Waals surface area contributed by atoms with Gasteiger partial charge in [0, 0.05) is 32.4 Å². The average Bonchev–Trinajstić information content (AvgIpc) is 3.23. The number of guanidine groups is 1. The molecule has 2 fully saturated rings. The van der Waals surface area contributed by atoms with E-state index in [9.17, 15) is 9.59 Å². The fourth-order valence-electron chi connectivity index (χ4n) is 3.87. The van der Waals surface area contributed by atoms with Gasteiger partial charge in [0.05, 0.1) is 7.11 Å². The number of urea groups is 1. The molecule has 0 spiro atoms. The number of aliphatic imine (C=N–C) groups is 1. The van der Waals surface area contributed by atoms with Crippen LogP contribution in [0.15, 0.2) is 29.3 Å². The number of fused-ring (bicyclic) bond motifs is 3. The minimum absolute atomic E-state index is 0.143. The van der Waals surface area contributed by atoms with Crippen LogP contribution in [-0.4, -0.2) is 78.6 Å². The summed E-state index contributed by atoms with van der Waals surface area (Å²) >= 11 is 0. The molecule has 0 N–H and O–H groups in total. The number of methoxy groups -OCH3 is 1. The molecule has 138 valence electrons. The molecule has 8 nitrogen and oxygen atoms in total. The van der Waals surface area contributed by atoms with Gasteiger partial charge in [0.25, 0.3) is 5.91 Å². The summed E-state index contributed by atoms with van der Waals surface area (Å²) in [6, 6.07) is 7.08. The molecule has 3 heterocycles. The fraction of sp³-hybridized carbons (Fsp3) is 0.500. The Labute approximate surface area is 152 Å². The van der Waals surface area contributed by atoms with Gasteiger partial charge in [0.2, 0.25) is 5.96 Å². The Morgan fingerprint density at radius 2 is 1.92 bits per heavy atom. The second kappa shape index (κ2) is 6.19. The van der Waals surface area contributed by atoms with Crippen molar-refractivity contribution >= 4 is 23.6 Å². The van der Waals surface area contributed by atoms with E-state index in [2.05, 4.69) is 4.90 Å². The van der Waals surface area contributed by atoms with E-state index in [1.165, 1.54) is 4.90 Å². The minimum atomic E-state index is -0.459. The summed E-state index contributed by atoms with van der Waals surface area (Å²) in [6.45, 7) is 3.87. The molecule has 1 aromatic carbocycles. The number of hydrogen-bond acceptors (Lipinski definition) is 6. The van der Waals surface area contributed by atoms with E-state index >= 15 is 0 Å². The van der Waals surface area contributed by atoms with E-state index in [-0.39, 0.29) is 11.9 Å². The lowest BCUT2D eigenvalue weighted by molar-refractivity contribution is -0.137. The van der Waals surface area contributed by atoms with Gasteiger partial charge in [-0.15, -0.1) is 0 Å². The van der Waals surface area contributed by atoms with Crippen molar-refractivity contribution in [3.8, 4) is 5.75 Å². The number of anilines is 1. The lowest BCUT2D eigenvalue weighted by atomic mass is 10.1. The van der Waals surface area contributed by atoms with Gasteiger partial charge in [-0.25, -0.2) is 9.79 Å². The molecular weight excluding hydrogens is 334 g/mol. The zero-order valence-corrected chi connectivity index (χ0v) is 15.3. The number of amides is 3. The molecule has 0 aliphatic carbocycles. The van der Waals surface area contributed by atoms with Gasteiger partial charge in [-0.1, -0.05) is 6.92 Å². The third-order valence-corrected chi connectivity index (χ3v) is 5.21. The van der Waals surface area contributed by atoms with Crippen LogP contribution >= 0.6 is 0 Å². The van der Waals surface area contributed by atoms with Gasteiger partial charge in [-0.05, 0) is 30.7 Å². The van der Waals surface area contributed by atoms with Gasteiger partial charge >= 0.3 is 6.03 Å². The predicted octanol–water partition coefficient (Wildman–Crippen LogP) is 1.19. The molecule has 26 heavy (non-hydrogen) atoms. The van der Waals surface area contributed by atoms with Crippen molar-refractivity contribution < 1.29 is 14.3 Å². The molecule has 3 aliphatic rings. The molecule has 1 aromatic rings. The van der Waals surface area contributed by atoms with Gasteiger partial charge in [-0.3, -0.25) is 9.69 Å². The largest absolute Gasteiger partial charge is 0.497 e. The van der Waals surface area contributed by atoms with E-state index in [0.29, 0.717) is 13.1 Å². The first-order valence-corrected chi connectivity index (χ1v) is 8.91. The maximum atomic E-state index is 13.0. The highest BCUT2D eigenvalue weighted by atomic mass is 16.5. The van der Waals surface area contributed by atoms with Crippen molar-refractivity contribution in [3.05, 3.63) is 24.3 Å². The van der Waals surface area contributed by atoms with Crippen LogP contribution in [0.25, 0.3) is 0 Å². The molecule has 8 heteroatoms. The maximum Gasteiger partial charge on any atom is 0.328 e. The summed E-state index contributed by atoms with van der Waals surface area (Å²) in [5.74, 6) is 1.41. The first kappa shape index (κ1) is 16.7. The standard InChI is InChI=1S/C18H23N5O3/c1-4-9-23-16(24)14-15(20(2)18(23)25)19-17-21(10-11-22(14)17)12-5-7-13(26-3)8-6-12/h5-8,14-15H,4,9-11H2,1-3H3. The van der Waals surface area contributed by atoms with Crippen molar-refractivity contribution in [2.75, 3.05) is 38.7 Å². The van der Waals surface area contributed by atoms with Crippen LogP contribution in [0.4, 0.5) is 10.5 Å². The number of benzene rings is 1. The van der Waals surface area contributed by atoms with E-state index in [4.69, 9.17) is 9.73 Å². The molecule has 2 atom stereocenters. The average molecular weight is 357 g/mol. The van der Waals surface area contributed by atoms with Crippen molar-refractivity contribution in [2.24, 2.45) is 4.99 Å². The smallest absolute Gasteiger partial charge is 0.328 e. The second-order valence-electron chi connectivity index (χ2n) is 6.71. The first-order valence-electron chi connectivity index (χ1n) is 8.91. The summed E-state index contributed by atoms with van der Waals surface area (Å²) in [5, 5.41) is 0. The molecule has 0 aromatic heterocycles. The van der Waals surface area contributed by atoms with Crippen LogP contribution < -0.4 is 9.64 Å². The number of carbonyl (C=O) groups is 2. The predicted molar refractivity (Wildman–Crippen MR) is 97.2 cm³/mol. The van der Waals surface area contributed by atoms with Crippen LogP contribution in [0.1, 0.15) is 13.3 Å². The number of imide groups is 1. The highest BCUT2D eigenvalue weighted by Crippen LogP contribution is 2.33. The van der Waals surface area contributed by atoms with E-state index in [1.54, 1.807) is 19.1 Å². The molecule has 3 amide bonds. The molecule has 2 saturated heterocycles. The zero-order valence-electron chi connectivity index (χ0n) is 15.3. The molecule has 0 radical (unpaired) electrons. The fourth-order valence-corrected chi connectivity index (χ4v) is 3.87. The molecular formula is C18H23N5O3. The minimum Gasteiger partial charge on any atom is -0.497 e. The second-order valence-corrected chi connectivity index (χ2v) is 6.71. The summed E-state index contributed by atoms with van der Waals surface area (Å²) in [6.07, 6.45) is 0.285. The molecule has 2 unspecified atom stereocenters. The lowest BCUT2D eigenvalue weighted by Gasteiger charge is -2.40. The van der Waals surface area contributed by atoms with Crippen LogP contribution in [-0.2, 0) is 4.79 Å². The number of hydrogen-bond donors (Lipinski definition) is 0. The summed E-state index contributed by atoms with van der Waals surface area (Å²) < 4.78 is 5.22. The highest BCUT2D eigenvalue weighted by Gasteiger charge is 2.54. The SMILES string of the molecule is CCCN1C(=O)C2C(N=C3N(c4ccc(OC)cc4)CCN32)N(C)C1=O. The van der Waals surface area contributed by atoms with Crippen LogP contribution in [0.5, 0.6) is 5.75 Å². The first-order chi connectivity index (χ1) is 12.6. The quantitative estimate of drug-likeness (QED) is 0.810. The third-order valence-electron chi connectivity index (χ3n) is 5.21. The van der Waals surface area contributed by atoms with Gasteiger partial charge < -0.3 is 19.4 Å². The lowest BCUT2D eigenvalue weighted by Crippen LogP contribution is -2.64. The Balaban J connectivity index is 1.64. The number of ether oxygens (including phenoxy) is 1. The van der Waals surface area contributed by atoms with E-state index in [1.807, 2.05) is 36.1 Å². The topological polar surface area (TPSA) is 68.7 Å². The van der Waals surface area contributed by atoms with Crippen molar-refractivity contribution in [1.82, 2.24) is 14.7 Å². The van der Waals surface area contributed by atoms with E-state index < -0.39 is 12.2 Å². The van der Waals surface area contributed by atoms with Gasteiger partial charge in [-0.2, -0.15) is 0 Å². The van der Waals surface area contributed by atoms with E-state index in [0.717, 1.165) is 30.4 Å².